The molecule has 1 aromatic heterocycles. The van der Waals surface area contributed by atoms with Crippen molar-refractivity contribution >= 4 is 0 Å². The highest BCUT2D eigenvalue weighted by atomic mass is 15.3. The monoisotopic (exact) mass is 236 g/mol. The first-order valence-corrected chi connectivity index (χ1v) is 6.56. The minimum Gasteiger partial charge on any atom is -0.313 e. The quantitative estimate of drug-likeness (QED) is 0.855. The van der Waals surface area contributed by atoms with Crippen LogP contribution in [-0.2, 0) is 13.6 Å². The Morgan fingerprint density at radius 1 is 1.53 bits per heavy atom. The Balaban J connectivity index is 1.83. The van der Waals surface area contributed by atoms with Gasteiger partial charge in [0.2, 0.25) is 0 Å². The van der Waals surface area contributed by atoms with Gasteiger partial charge in [-0.2, -0.15) is 5.10 Å². The summed E-state index contributed by atoms with van der Waals surface area (Å²) in [6, 6.07) is 0.672. The highest BCUT2D eigenvalue weighted by Crippen LogP contribution is 2.11. The summed E-state index contributed by atoms with van der Waals surface area (Å²) in [6.45, 7) is 5.40. The van der Waals surface area contributed by atoms with Crippen molar-refractivity contribution in [1.29, 1.82) is 0 Å². The van der Waals surface area contributed by atoms with Gasteiger partial charge in [0.25, 0.3) is 0 Å². The minimum atomic E-state index is 0.672. The third kappa shape index (κ3) is 3.54. The molecule has 0 aliphatic carbocycles. The second-order valence-corrected chi connectivity index (χ2v) is 5.26. The maximum absolute atomic E-state index is 4.39. The largest absolute Gasteiger partial charge is 0.313 e. The van der Waals surface area contributed by atoms with Gasteiger partial charge in [0.15, 0.2) is 0 Å². The van der Waals surface area contributed by atoms with E-state index in [0.29, 0.717) is 6.04 Å². The maximum Gasteiger partial charge on any atom is 0.0638 e. The molecule has 4 nitrogen and oxygen atoms in total. The predicted molar refractivity (Wildman–Crippen MR) is 69.9 cm³/mol. The lowest BCUT2D eigenvalue weighted by Gasteiger charge is -2.28. The van der Waals surface area contributed by atoms with Crippen molar-refractivity contribution in [3.63, 3.8) is 0 Å². The molecule has 1 aliphatic heterocycles. The lowest BCUT2D eigenvalue weighted by atomic mass is 10.0. The van der Waals surface area contributed by atoms with Crippen molar-refractivity contribution in [3.05, 3.63) is 17.5 Å². The summed E-state index contributed by atoms with van der Waals surface area (Å²) < 4.78 is 1.90. The molecule has 4 heteroatoms. The summed E-state index contributed by atoms with van der Waals surface area (Å²) in [6.07, 6.45) is 6.15. The molecule has 0 radical (unpaired) electrons. The number of rotatable bonds is 4. The van der Waals surface area contributed by atoms with E-state index in [1.165, 1.54) is 31.4 Å². The van der Waals surface area contributed by atoms with Gasteiger partial charge in [0, 0.05) is 37.9 Å². The number of likely N-dealkylation sites (N-methyl/N-ethyl adjacent to an activating group) is 1. The molecule has 96 valence electrons. The molecule has 1 aromatic rings. The summed E-state index contributed by atoms with van der Waals surface area (Å²) in [4.78, 5) is 2.40. The van der Waals surface area contributed by atoms with Gasteiger partial charge >= 0.3 is 0 Å². The van der Waals surface area contributed by atoms with E-state index in [1.807, 2.05) is 11.7 Å². The van der Waals surface area contributed by atoms with Crippen LogP contribution in [0.25, 0.3) is 0 Å². The van der Waals surface area contributed by atoms with Gasteiger partial charge in [0.1, 0.15) is 0 Å². The topological polar surface area (TPSA) is 33.1 Å². The fourth-order valence-corrected chi connectivity index (χ4v) is 2.62. The van der Waals surface area contributed by atoms with E-state index >= 15 is 0 Å². The molecule has 17 heavy (non-hydrogen) atoms. The molecular weight excluding hydrogens is 212 g/mol. The summed E-state index contributed by atoms with van der Waals surface area (Å²) in [5, 5.41) is 7.98. The lowest BCUT2D eigenvalue weighted by molar-refractivity contribution is 0.256. The summed E-state index contributed by atoms with van der Waals surface area (Å²) in [7, 11) is 4.18. The van der Waals surface area contributed by atoms with Crippen LogP contribution in [0.5, 0.6) is 0 Å². The van der Waals surface area contributed by atoms with Gasteiger partial charge in [-0.15, -0.1) is 0 Å². The Morgan fingerprint density at radius 2 is 2.35 bits per heavy atom. The first kappa shape index (κ1) is 12.6. The zero-order valence-electron chi connectivity index (χ0n) is 11.2. The standard InChI is InChI=1S/C13H24N4/c1-11-12(9-17(3)15-11)8-16(2)10-13-6-4-5-7-14-13/h9,13-14H,4-8,10H2,1-3H3/t13-/m0/s1. The van der Waals surface area contributed by atoms with Crippen molar-refractivity contribution in [2.75, 3.05) is 20.1 Å². The molecule has 0 bridgehead atoms. The molecule has 1 fully saturated rings. The molecule has 1 aliphatic rings. The van der Waals surface area contributed by atoms with Gasteiger partial charge in [-0.05, 0) is 33.4 Å². The van der Waals surface area contributed by atoms with Crippen LogP contribution < -0.4 is 5.32 Å². The summed E-state index contributed by atoms with van der Waals surface area (Å²) in [5.41, 5.74) is 2.49. The first-order valence-electron chi connectivity index (χ1n) is 6.56. The normalized spacial score (nSPS) is 21.1. The zero-order chi connectivity index (χ0) is 12.3. The molecule has 1 N–H and O–H groups in total. The smallest absolute Gasteiger partial charge is 0.0638 e. The minimum absolute atomic E-state index is 0.672. The number of hydrogen-bond acceptors (Lipinski definition) is 3. The second kappa shape index (κ2) is 5.65. The molecule has 2 heterocycles. The number of piperidine rings is 1. The molecule has 1 atom stereocenters. The highest BCUT2D eigenvalue weighted by molar-refractivity contribution is 5.14. The van der Waals surface area contributed by atoms with Gasteiger partial charge in [0.05, 0.1) is 5.69 Å². The van der Waals surface area contributed by atoms with Crippen LogP contribution in [0.4, 0.5) is 0 Å². The van der Waals surface area contributed by atoms with Gasteiger partial charge < -0.3 is 10.2 Å². The van der Waals surface area contributed by atoms with Crippen LogP contribution in [0.15, 0.2) is 6.20 Å². The van der Waals surface area contributed by atoms with Gasteiger partial charge in [-0.3, -0.25) is 4.68 Å². The van der Waals surface area contributed by atoms with E-state index in [0.717, 1.165) is 18.8 Å². The Hall–Kier alpha value is -0.870. The summed E-state index contributed by atoms with van der Waals surface area (Å²) in [5.74, 6) is 0. The molecule has 0 unspecified atom stereocenters. The van der Waals surface area contributed by atoms with Crippen LogP contribution in [-0.4, -0.2) is 40.9 Å². The Morgan fingerprint density at radius 3 is 2.94 bits per heavy atom. The van der Waals surface area contributed by atoms with E-state index < -0.39 is 0 Å². The predicted octanol–water partition coefficient (Wildman–Crippen LogP) is 1.30. The van der Waals surface area contributed by atoms with E-state index in [-0.39, 0.29) is 0 Å². The van der Waals surface area contributed by atoms with Crippen LogP contribution >= 0.6 is 0 Å². The Kier molecular flexibility index (Phi) is 4.18. The number of aryl methyl sites for hydroxylation is 2. The molecule has 0 aromatic carbocycles. The van der Waals surface area contributed by atoms with Crippen LogP contribution in [0.3, 0.4) is 0 Å². The molecule has 0 spiro atoms. The zero-order valence-corrected chi connectivity index (χ0v) is 11.2. The average molecular weight is 236 g/mol. The van der Waals surface area contributed by atoms with Crippen molar-refractivity contribution in [3.8, 4) is 0 Å². The third-order valence-corrected chi connectivity index (χ3v) is 3.50. The van der Waals surface area contributed by atoms with Crippen LogP contribution in [0.1, 0.15) is 30.5 Å². The first-order chi connectivity index (χ1) is 8.15. The van der Waals surface area contributed by atoms with Crippen LogP contribution in [0, 0.1) is 6.92 Å². The number of hydrogen-bond donors (Lipinski definition) is 1. The molecule has 0 saturated carbocycles. The fourth-order valence-electron chi connectivity index (χ4n) is 2.62. The van der Waals surface area contributed by atoms with E-state index in [9.17, 15) is 0 Å². The van der Waals surface area contributed by atoms with Crippen LogP contribution in [0.2, 0.25) is 0 Å². The van der Waals surface area contributed by atoms with Crippen molar-refractivity contribution in [2.45, 2.75) is 38.8 Å². The van der Waals surface area contributed by atoms with E-state index in [4.69, 9.17) is 0 Å². The van der Waals surface area contributed by atoms with E-state index in [2.05, 4.69) is 35.5 Å². The average Bonchev–Trinajstić information content (AvgIpc) is 2.58. The second-order valence-electron chi connectivity index (χ2n) is 5.26. The Labute approximate surface area is 104 Å². The SMILES string of the molecule is Cc1nn(C)cc1CN(C)C[C@@H]1CCCCN1. The van der Waals surface area contributed by atoms with Crippen molar-refractivity contribution < 1.29 is 0 Å². The third-order valence-electron chi connectivity index (χ3n) is 3.50. The molecule has 2 rings (SSSR count). The van der Waals surface area contributed by atoms with E-state index in [1.54, 1.807) is 0 Å². The van der Waals surface area contributed by atoms with Crippen molar-refractivity contribution in [1.82, 2.24) is 20.0 Å². The van der Waals surface area contributed by atoms with Gasteiger partial charge in [-0.25, -0.2) is 0 Å². The number of nitrogens with one attached hydrogen (secondary N) is 1. The fraction of sp³-hybridized carbons (Fsp3) is 0.769. The Bertz CT molecular complexity index is 352. The molecular formula is C13H24N4. The summed E-state index contributed by atoms with van der Waals surface area (Å²) >= 11 is 0. The number of aromatic nitrogens is 2. The van der Waals surface area contributed by atoms with Gasteiger partial charge in [-0.1, -0.05) is 6.42 Å². The maximum atomic E-state index is 4.39. The molecule has 0 amide bonds. The molecule has 1 saturated heterocycles. The lowest BCUT2D eigenvalue weighted by Crippen LogP contribution is -2.42. The highest BCUT2D eigenvalue weighted by Gasteiger charge is 2.15. The number of nitrogens with zero attached hydrogens (tertiary/aromatic N) is 3. The van der Waals surface area contributed by atoms with Crippen molar-refractivity contribution in [2.24, 2.45) is 7.05 Å².